The average Bonchev–Trinajstić information content (AvgIpc) is 3.25. The third-order valence-corrected chi connectivity index (χ3v) is 7.13. The van der Waals surface area contributed by atoms with Gasteiger partial charge in [-0.05, 0) is 54.2 Å². The first kappa shape index (κ1) is 23.5. The van der Waals surface area contributed by atoms with Crippen LogP contribution in [0.4, 0.5) is 13.2 Å². The first-order chi connectivity index (χ1) is 16.6. The molecular formula is C26H18ClF3N2O2S. The molecular weight excluding hydrogens is 497 g/mol. The number of aromatic carboxylic acids is 1. The SMILES string of the molecule is CC1C/C(=C\c2nc(-c3ccc(C(F)(F)F)c(Cl)c3)cs2)c2nc3ccccc3c(C(=O)O)c2C1. The molecule has 1 unspecified atom stereocenters. The summed E-state index contributed by atoms with van der Waals surface area (Å²) in [6.45, 7) is 2.06. The second kappa shape index (κ2) is 8.77. The van der Waals surface area contributed by atoms with Gasteiger partial charge in [-0.25, -0.2) is 14.8 Å². The number of para-hydroxylation sites is 1. The number of benzene rings is 2. The van der Waals surface area contributed by atoms with Crippen molar-refractivity contribution in [3.63, 3.8) is 0 Å². The summed E-state index contributed by atoms with van der Waals surface area (Å²) < 4.78 is 39.1. The van der Waals surface area contributed by atoms with Crippen molar-refractivity contribution in [1.82, 2.24) is 9.97 Å². The highest BCUT2D eigenvalue weighted by molar-refractivity contribution is 7.10. The molecule has 1 aliphatic rings. The number of carboxylic acid groups (broad SMARTS) is 1. The van der Waals surface area contributed by atoms with Crippen molar-refractivity contribution in [1.29, 1.82) is 0 Å². The number of rotatable bonds is 3. The quantitative estimate of drug-likeness (QED) is 0.302. The van der Waals surface area contributed by atoms with Crippen LogP contribution in [0.15, 0.2) is 47.8 Å². The molecule has 35 heavy (non-hydrogen) atoms. The van der Waals surface area contributed by atoms with Crippen LogP contribution in [0, 0.1) is 5.92 Å². The van der Waals surface area contributed by atoms with Gasteiger partial charge in [0.25, 0.3) is 0 Å². The van der Waals surface area contributed by atoms with Crippen molar-refractivity contribution in [3.05, 3.63) is 80.3 Å². The lowest BCUT2D eigenvalue weighted by Gasteiger charge is -2.25. The number of fused-ring (bicyclic) bond motifs is 2. The van der Waals surface area contributed by atoms with E-state index in [9.17, 15) is 23.1 Å². The van der Waals surface area contributed by atoms with Gasteiger partial charge in [-0.2, -0.15) is 13.2 Å². The molecule has 1 N–H and O–H groups in total. The largest absolute Gasteiger partial charge is 0.478 e. The van der Waals surface area contributed by atoms with Crippen LogP contribution in [0.3, 0.4) is 0 Å². The number of nitrogens with zero attached hydrogens (tertiary/aromatic N) is 2. The Morgan fingerprint density at radius 2 is 1.94 bits per heavy atom. The lowest BCUT2D eigenvalue weighted by molar-refractivity contribution is -0.137. The Bertz CT molecular complexity index is 1510. The average molecular weight is 515 g/mol. The minimum Gasteiger partial charge on any atom is -0.478 e. The predicted molar refractivity (Wildman–Crippen MR) is 132 cm³/mol. The van der Waals surface area contributed by atoms with Crippen molar-refractivity contribution in [2.75, 3.05) is 0 Å². The summed E-state index contributed by atoms with van der Waals surface area (Å²) in [5.41, 5.74) is 3.27. The fourth-order valence-electron chi connectivity index (χ4n) is 4.52. The molecule has 0 saturated carbocycles. The molecule has 4 nitrogen and oxygen atoms in total. The molecule has 0 saturated heterocycles. The second-order valence-corrected chi connectivity index (χ2v) is 9.88. The van der Waals surface area contributed by atoms with Crippen LogP contribution in [-0.4, -0.2) is 21.0 Å². The lowest BCUT2D eigenvalue weighted by atomic mass is 9.81. The molecule has 1 aliphatic carbocycles. The van der Waals surface area contributed by atoms with Gasteiger partial charge in [-0.3, -0.25) is 0 Å². The van der Waals surface area contributed by atoms with Crippen LogP contribution in [0.1, 0.15) is 45.5 Å². The van der Waals surface area contributed by atoms with E-state index < -0.39 is 17.7 Å². The molecule has 0 spiro atoms. The van der Waals surface area contributed by atoms with Gasteiger partial charge in [0, 0.05) is 16.3 Å². The standard InChI is InChI=1S/C26H18ClF3N2O2S/c1-13-8-15(24-17(9-13)23(25(33)34)16-4-2-3-5-20(16)32-24)11-22-31-21(12-35-22)14-6-7-18(19(27)10-14)26(28,29)30/h2-7,10-13H,8-9H2,1H3,(H,33,34)/b15-11+. The van der Waals surface area contributed by atoms with E-state index in [1.54, 1.807) is 23.6 Å². The molecule has 0 radical (unpaired) electrons. The number of carbonyl (C=O) groups is 1. The highest BCUT2D eigenvalue weighted by atomic mass is 35.5. The monoisotopic (exact) mass is 514 g/mol. The van der Waals surface area contributed by atoms with Crippen LogP contribution < -0.4 is 0 Å². The van der Waals surface area contributed by atoms with Crippen molar-refractivity contribution < 1.29 is 23.1 Å². The minimum absolute atomic E-state index is 0.211. The van der Waals surface area contributed by atoms with Crippen molar-refractivity contribution in [3.8, 4) is 11.3 Å². The first-order valence-electron chi connectivity index (χ1n) is 10.8. The van der Waals surface area contributed by atoms with Crippen LogP contribution in [-0.2, 0) is 12.6 Å². The van der Waals surface area contributed by atoms with Gasteiger partial charge in [0.05, 0.1) is 33.1 Å². The number of hydrogen-bond acceptors (Lipinski definition) is 4. The maximum atomic E-state index is 13.0. The van der Waals surface area contributed by atoms with Gasteiger partial charge in [-0.15, -0.1) is 11.3 Å². The van der Waals surface area contributed by atoms with E-state index >= 15 is 0 Å². The summed E-state index contributed by atoms with van der Waals surface area (Å²) in [5, 5.41) is 12.6. The molecule has 0 amide bonds. The molecule has 0 bridgehead atoms. The Kier molecular flexibility index (Phi) is 5.89. The van der Waals surface area contributed by atoms with Crippen LogP contribution >= 0.6 is 22.9 Å². The van der Waals surface area contributed by atoms with Crippen molar-refractivity contribution in [2.24, 2.45) is 5.92 Å². The number of hydrogen-bond donors (Lipinski definition) is 1. The lowest BCUT2D eigenvalue weighted by Crippen LogP contribution is -2.17. The van der Waals surface area contributed by atoms with Crippen molar-refractivity contribution >= 4 is 51.5 Å². The molecule has 2 heterocycles. The fraction of sp³-hybridized carbons (Fsp3) is 0.192. The van der Waals surface area contributed by atoms with Gasteiger partial charge in [0.2, 0.25) is 0 Å². The topological polar surface area (TPSA) is 63.1 Å². The first-order valence-corrected chi connectivity index (χ1v) is 12.1. The normalized spacial score (nSPS) is 17.1. The molecule has 0 aliphatic heterocycles. The summed E-state index contributed by atoms with van der Waals surface area (Å²) in [5.74, 6) is -0.771. The number of alkyl halides is 3. The molecule has 2 aromatic heterocycles. The predicted octanol–water partition coefficient (Wildman–Crippen LogP) is 7.85. The van der Waals surface area contributed by atoms with E-state index in [0.29, 0.717) is 51.3 Å². The van der Waals surface area contributed by atoms with E-state index in [1.807, 2.05) is 12.1 Å². The smallest absolute Gasteiger partial charge is 0.417 e. The van der Waals surface area contributed by atoms with Crippen LogP contribution in [0.2, 0.25) is 5.02 Å². The van der Waals surface area contributed by atoms with E-state index in [2.05, 4.69) is 11.9 Å². The molecule has 5 rings (SSSR count). The third kappa shape index (κ3) is 4.44. The number of pyridine rings is 1. The van der Waals surface area contributed by atoms with Gasteiger partial charge in [-0.1, -0.05) is 42.8 Å². The van der Waals surface area contributed by atoms with E-state index in [4.69, 9.17) is 16.6 Å². The van der Waals surface area contributed by atoms with Crippen LogP contribution in [0.25, 0.3) is 33.8 Å². The third-order valence-electron chi connectivity index (χ3n) is 6.02. The Morgan fingerprint density at radius 3 is 2.66 bits per heavy atom. The zero-order valence-corrected chi connectivity index (χ0v) is 19.9. The van der Waals surface area contributed by atoms with Gasteiger partial charge in [0.15, 0.2) is 0 Å². The van der Waals surface area contributed by atoms with Gasteiger partial charge in [0.1, 0.15) is 5.01 Å². The minimum atomic E-state index is -4.52. The summed E-state index contributed by atoms with van der Waals surface area (Å²) >= 11 is 7.22. The molecule has 178 valence electrons. The Hall–Kier alpha value is -3.23. The van der Waals surface area contributed by atoms with E-state index in [1.165, 1.54) is 23.5 Å². The van der Waals surface area contributed by atoms with Gasteiger partial charge < -0.3 is 5.11 Å². The summed E-state index contributed by atoms with van der Waals surface area (Å²) in [4.78, 5) is 21.6. The summed E-state index contributed by atoms with van der Waals surface area (Å²) in [7, 11) is 0. The highest BCUT2D eigenvalue weighted by Gasteiger charge is 2.33. The summed E-state index contributed by atoms with van der Waals surface area (Å²) in [6.07, 6.45) is -1.32. The molecule has 9 heteroatoms. The maximum Gasteiger partial charge on any atom is 0.417 e. The zero-order chi connectivity index (χ0) is 24.9. The van der Waals surface area contributed by atoms with Gasteiger partial charge >= 0.3 is 12.1 Å². The number of allylic oxidation sites excluding steroid dienone is 1. The molecule has 1 atom stereocenters. The van der Waals surface area contributed by atoms with E-state index in [0.717, 1.165) is 11.6 Å². The Balaban J connectivity index is 1.57. The number of carboxylic acids is 1. The maximum absolute atomic E-state index is 13.0. The highest BCUT2D eigenvalue weighted by Crippen LogP contribution is 2.40. The summed E-state index contributed by atoms with van der Waals surface area (Å²) in [6, 6.07) is 10.8. The Morgan fingerprint density at radius 1 is 1.17 bits per heavy atom. The number of halogens is 4. The fourth-order valence-corrected chi connectivity index (χ4v) is 5.59. The zero-order valence-electron chi connectivity index (χ0n) is 18.4. The van der Waals surface area contributed by atoms with Crippen molar-refractivity contribution in [2.45, 2.75) is 25.9 Å². The number of aromatic nitrogens is 2. The molecule has 4 aromatic rings. The number of thiazole rings is 1. The molecule has 2 aromatic carbocycles. The van der Waals surface area contributed by atoms with E-state index in [-0.39, 0.29) is 16.5 Å². The molecule has 0 fully saturated rings. The second-order valence-electron chi connectivity index (χ2n) is 8.58. The Labute approximate surface area is 207 Å². The van der Waals surface area contributed by atoms with Crippen LogP contribution in [0.5, 0.6) is 0 Å².